The van der Waals surface area contributed by atoms with E-state index in [4.69, 9.17) is 0 Å². The van der Waals surface area contributed by atoms with Gasteiger partial charge in [0, 0.05) is 12.1 Å². The van der Waals surface area contributed by atoms with Crippen molar-refractivity contribution in [3.63, 3.8) is 0 Å². The van der Waals surface area contributed by atoms with Gasteiger partial charge in [0.15, 0.2) is 0 Å². The smallest absolute Gasteiger partial charge is 0.00964 e. The van der Waals surface area contributed by atoms with Gasteiger partial charge in [-0.25, -0.2) is 0 Å². The third kappa shape index (κ3) is 4.97. The summed E-state index contributed by atoms with van der Waals surface area (Å²) in [4.78, 5) is 2.76. The van der Waals surface area contributed by atoms with Crippen molar-refractivity contribution in [3.8, 4) is 0 Å². The Morgan fingerprint density at radius 1 is 1.12 bits per heavy atom. The molecule has 0 aromatic carbocycles. The van der Waals surface area contributed by atoms with Crippen molar-refractivity contribution in [1.29, 1.82) is 0 Å². The average Bonchev–Trinajstić information content (AvgIpc) is 3.14. The van der Waals surface area contributed by atoms with E-state index in [0.717, 1.165) is 18.0 Å². The van der Waals surface area contributed by atoms with Gasteiger partial charge in [-0.2, -0.15) is 0 Å². The van der Waals surface area contributed by atoms with Gasteiger partial charge in [0.1, 0.15) is 0 Å². The fourth-order valence-electron chi connectivity index (χ4n) is 2.83. The van der Waals surface area contributed by atoms with Crippen LogP contribution in [0.2, 0.25) is 0 Å². The van der Waals surface area contributed by atoms with E-state index < -0.39 is 0 Å². The summed E-state index contributed by atoms with van der Waals surface area (Å²) >= 11 is 0. The highest BCUT2D eigenvalue weighted by molar-refractivity contribution is 4.85. The van der Waals surface area contributed by atoms with Crippen LogP contribution in [-0.4, -0.2) is 36.6 Å². The quantitative estimate of drug-likeness (QED) is 0.733. The highest BCUT2D eigenvalue weighted by Crippen LogP contribution is 2.28. The highest BCUT2D eigenvalue weighted by atomic mass is 15.2. The number of piperidine rings is 1. The third-order valence-electron chi connectivity index (χ3n) is 4.23. The maximum atomic E-state index is 3.67. The third-order valence-corrected chi connectivity index (χ3v) is 4.23. The molecule has 0 bridgehead atoms. The van der Waals surface area contributed by atoms with E-state index in [2.05, 4.69) is 24.1 Å². The second kappa shape index (κ2) is 6.75. The first-order valence-corrected chi connectivity index (χ1v) is 7.73. The fraction of sp³-hybridized carbons (Fsp3) is 1.00. The average molecular weight is 238 g/mol. The molecule has 0 aromatic rings. The summed E-state index contributed by atoms with van der Waals surface area (Å²) in [5.41, 5.74) is 0. The zero-order valence-corrected chi connectivity index (χ0v) is 11.8. The van der Waals surface area contributed by atoms with Crippen molar-refractivity contribution >= 4 is 0 Å². The molecule has 100 valence electrons. The van der Waals surface area contributed by atoms with E-state index in [0.29, 0.717) is 0 Å². The minimum absolute atomic E-state index is 0.809. The Labute approximate surface area is 107 Å². The summed E-state index contributed by atoms with van der Waals surface area (Å²) in [5.74, 6) is 0.851. The van der Waals surface area contributed by atoms with Crippen molar-refractivity contribution in [2.75, 3.05) is 19.6 Å². The topological polar surface area (TPSA) is 15.3 Å². The Hall–Kier alpha value is -0.0800. The molecular formula is C15H30N2. The van der Waals surface area contributed by atoms with Crippen LogP contribution in [0, 0.1) is 5.92 Å². The van der Waals surface area contributed by atoms with Crippen molar-refractivity contribution in [3.05, 3.63) is 0 Å². The van der Waals surface area contributed by atoms with Gasteiger partial charge in [0.25, 0.3) is 0 Å². The first-order chi connectivity index (χ1) is 8.25. The van der Waals surface area contributed by atoms with Crippen LogP contribution >= 0.6 is 0 Å². The molecule has 2 fully saturated rings. The lowest BCUT2D eigenvalue weighted by Crippen LogP contribution is -2.38. The summed E-state index contributed by atoms with van der Waals surface area (Å²) in [6.07, 6.45) is 9.88. The molecule has 17 heavy (non-hydrogen) atoms. The predicted octanol–water partition coefficient (Wildman–Crippen LogP) is 3.03. The van der Waals surface area contributed by atoms with E-state index in [1.54, 1.807) is 0 Å². The first-order valence-electron chi connectivity index (χ1n) is 7.73. The van der Waals surface area contributed by atoms with Gasteiger partial charge in [-0.05, 0) is 64.1 Å². The molecular weight excluding hydrogens is 208 g/mol. The molecule has 1 heterocycles. The Morgan fingerprint density at radius 3 is 2.53 bits per heavy atom. The molecule has 0 aromatic heterocycles. The molecule has 1 aliphatic carbocycles. The largest absolute Gasteiger partial charge is 0.314 e. The van der Waals surface area contributed by atoms with Crippen LogP contribution < -0.4 is 5.32 Å². The molecule has 2 heteroatoms. The van der Waals surface area contributed by atoms with Gasteiger partial charge < -0.3 is 10.2 Å². The number of rotatable bonds is 7. The van der Waals surface area contributed by atoms with Gasteiger partial charge in [0.05, 0.1) is 0 Å². The van der Waals surface area contributed by atoms with Crippen LogP contribution in [0.4, 0.5) is 0 Å². The van der Waals surface area contributed by atoms with Crippen LogP contribution in [0.25, 0.3) is 0 Å². The zero-order chi connectivity index (χ0) is 12.1. The van der Waals surface area contributed by atoms with Crippen LogP contribution in [-0.2, 0) is 0 Å². The second-order valence-electron chi connectivity index (χ2n) is 6.39. The molecule has 0 radical (unpaired) electrons. The van der Waals surface area contributed by atoms with Gasteiger partial charge >= 0.3 is 0 Å². The van der Waals surface area contributed by atoms with E-state index >= 15 is 0 Å². The number of hydrogen-bond donors (Lipinski definition) is 1. The number of nitrogens with one attached hydrogen (secondary N) is 1. The molecule has 1 aliphatic heterocycles. The van der Waals surface area contributed by atoms with Crippen molar-refractivity contribution in [1.82, 2.24) is 10.2 Å². The normalized spacial score (nSPS) is 25.8. The lowest BCUT2D eigenvalue weighted by atomic mass is 10.0. The van der Waals surface area contributed by atoms with E-state index in [9.17, 15) is 0 Å². The van der Waals surface area contributed by atoms with Gasteiger partial charge in [-0.15, -0.1) is 0 Å². The molecule has 1 saturated carbocycles. The SMILES string of the molecule is CC(C)CCN(CCC1CCCCN1)C1CC1. The van der Waals surface area contributed by atoms with Gasteiger partial charge in [0.2, 0.25) is 0 Å². The Balaban J connectivity index is 1.65. The van der Waals surface area contributed by atoms with Crippen LogP contribution in [0.3, 0.4) is 0 Å². The Kier molecular flexibility index (Phi) is 5.30. The van der Waals surface area contributed by atoms with Crippen LogP contribution in [0.15, 0.2) is 0 Å². The molecule has 2 rings (SSSR count). The maximum Gasteiger partial charge on any atom is 0.00964 e. The lowest BCUT2D eigenvalue weighted by molar-refractivity contribution is 0.226. The highest BCUT2D eigenvalue weighted by Gasteiger charge is 2.28. The fourth-order valence-corrected chi connectivity index (χ4v) is 2.83. The van der Waals surface area contributed by atoms with E-state index in [1.165, 1.54) is 64.6 Å². The molecule has 2 aliphatic rings. The number of hydrogen-bond acceptors (Lipinski definition) is 2. The summed E-state index contributed by atoms with van der Waals surface area (Å²) in [6.45, 7) is 8.59. The molecule has 1 saturated heterocycles. The minimum atomic E-state index is 0.809. The molecule has 0 spiro atoms. The van der Waals surface area contributed by atoms with Gasteiger partial charge in [-0.1, -0.05) is 20.3 Å². The van der Waals surface area contributed by atoms with Crippen molar-refractivity contribution in [2.24, 2.45) is 5.92 Å². The second-order valence-corrected chi connectivity index (χ2v) is 6.39. The summed E-state index contributed by atoms with van der Waals surface area (Å²) in [5, 5.41) is 3.67. The maximum absolute atomic E-state index is 3.67. The van der Waals surface area contributed by atoms with E-state index in [-0.39, 0.29) is 0 Å². The number of nitrogens with zero attached hydrogens (tertiary/aromatic N) is 1. The zero-order valence-electron chi connectivity index (χ0n) is 11.8. The predicted molar refractivity (Wildman–Crippen MR) is 74.3 cm³/mol. The Bertz CT molecular complexity index is 205. The standard InChI is InChI=1S/C15H30N2/c1-13(2)8-11-17(15-6-7-15)12-9-14-5-3-4-10-16-14/h13-16H,3-12H2,1-2H3. The minimum Gasteiger partial charge on any atom is -0.314 e. The van der Waals surface area contributed by atoms with Gasteiger partial charge in [-0.3, -0.25) is 0 Å². The summed E-state index contributed by atoms with van der Waals surface area (Å²) in [7, 11) is 0. The van der Waals surface area contributed by atoms with Crippen molar-refractivity contribution in [2.45, 2.75) is 70.9 Å². The molecule has 0 amide bonds. The Morgan fingerprint density at radius 2 is 1.94 bits per heavy atom. The monoisotopic (exact) mass is 238 g/mol. The van der Waals surface area contributed by atoms with Crippen molar-refractivity contribution < 1.29 is 0 Å². The summed E-state index contributed by atoms with van der Waals surface area (Å²) < 4.78 is 0. The molecule has 1 unspecified atom stereocenters. The lowest BCUT2D eigenvalue weighted by Gasteiger charge is -2.28. The first kappa shape index (κ1) is 13.4. The summed E-state index contributed by atoms with van der Waals surface area (Å²) in [6, 6.07) is 1.75. The molecule has 1 atom stereocenters. The molecule has 2 nitrogen and oxygen atoms in total. The van der Waals surface area contributed by atoms with E-state index in [1.807, 2.05) is 0 Å². The molecule has 1 N–H and O–H groups in total. The van der Waals surface area contributed by atoms with Crippen LogP contribution in [0.1, 0.15) is 58.8 Å². The van der Waals surface area contributed by atoms with Crippen LogP contribution in [0.5, 0.6) is 0 Å².